The molecule has 18 heavy (non-hydrogen) atoms. The van der Waals surface area contributed by atoms with Gasteiger partial charge in [-0.2, -0.15) is 0 Å². The molecule has 0 radical (unpaired) electrons. The number of hydrogen-bond acceptors (Lipinski definition) is 3. The Bertz CT molecular complexity index is 383. The summed E-state index contributed by atoms with van der Waals surface area (Å²) in [5, 5.41) is 0. The van der Waals surface area contributed by atoms with Gasteiger partial charge in [-0.3, -0.25) is 4.79 Å². The summed E-state index contributed by atoms with van der Waals surface area (Å²) in [6, 6.07) is 0.0248. The third kappa shape index (κ3) is 6.79. The summed E-state index contributed by atoms with van der Waals surface area (Å²) in [5.74, 6) is -0.441. The molecule has 4 nitrogen and oxygen atoms in total. The Balaban J connectivity index is 4.70. The Hall–Kier alpha value is -0.840. The molecule has 0 aromatic rings. The molecule has 0 aromatic carbocycles. The SMILES string of the molecule is C/C=C/CS(=O)(=O)CC(=O)N(CC(C)C)C(C)C. The third-order valence-corrected chi connectivity index (χ3v) is 3.82. The molecule has 5 heteroatoms. The van der Waals surface area contributed by atoms with Crippen molar-refractivity contribution in [2.45, 2.75) is 40.7 Å². The largest absolute Gasteiger partial charge is 0.339 e. The topological polar surface area (TPSA) is 54.5 Å². The highest BCUT2D eigenvalue weighted by Crippen LogP contribution is 2.06. The van der Waals surface area contributed by atoms with Gasteiger partial charge in [0.25, 0.3) is 0 Å². The average Bonchev–Trinajstić information content (AvgIpc) is 2.21. The summed E-state index contributed by atoms with van der Waals surface area (Å²) >= 11 is 0. The number of hydrogen-bond donors (Lipinski definition) is 0. The number of carbonyl (C=O) groups is 1. The van der Waals surface area contributed by atoms with Crippen molar-refractivity contribution in [2.24, 2.45) is 5.92 Å². The molecule has 0 rings (SSSR count). The van der Waals surface area contributed by atoms with Crippen molar-refractivity contribution in [1.82, 2.24) is 4.90 Å². The van der Waals surface area contributed by atoms with Crippen LogP contribution in [0, 0.1) is 5.92 Å². The van der Waals surface area contributed by atoms with E-state index in [4.69, 9.17) is 0 Å². The quantitative estimate of drug-likeness (QED) is 0.667. The van der Waals surface area contributed by atoms with Crippen LogP contribution in [0.5, 0.6) is 0 Å². The number of sulfone groups is 1. The summed E-state index contributed by atoms with van der Waals surface area (Å²) in [6.45, 7) is 10.2. The first-order valence-corrected chi connectivity index (χ1v) is 8.12. The second kappa shape index (κ2) is 7.56. The first kappa shape index (κ1) is 17.2. The van der Waals surface area contributed by atoms with Crippen LogP contribution in [0.4, 0.5) is 0 Å². The lowest BCUT2D eigenvalue weighted by Crippen LogP contribution is -2.42. The van der Waals surface area contributed by atoms with Gasteiger partial charge in [0.15, 0.2) is 9.84 Å². The summed E-state index contributed by atoms with van der Waals surface area (Å²) < 4.78 is 23.4. The van der Waals surface area contributed by atoms with Crippen molar-refractivity contribution in [3.05, 3.63) is 12.2 Å². The normalized spacial score (nSPS) is 12.6. The van der Waals surface area contributed by atoms with Gasteiger partial charge in [0, 0.05) is 12.6 Å². The van der Waals surface area contributed by atoms with Gasteiger partial charge in [-0.25, -0.2) is 8.42 Å². The Labute approximate surface area is 111 Å². The lowest BCUT2D eigenvalue weighted by atomic mass is 10.2. The van der Waals surface area contributed by atoms with Gasteiger partial charge in [-0.15, -0.1) is 0 Å². The van der Waals surface area contributed by atoms with Gasteiger partial charge in [0.2, 0.25) is 5.91 Å². The third-order valence-electron chi connectivity index (χ3n) is 2.43. The van der Waals surface area contributed by atoms with Crippen LogP contribution >= 0.6 is 0 Å². The Morgan fingerprint density at radius 3 is 2.17 bits per heavy atom. The van der Waals surface area contributed by atoms with Crippen LogP contribution in [-0.4, -0.2) is 43.3 Å². The van der Waals surface area contributed by atoms with Crippen LogP contribution in [0.3, 0.4) is 0 Å². The Morgan fingerprint density at radius 2 is 1.78 bits per heavy atom. The maximum Gasteiger partial charge on any atom is 0.238 e. The van der Waals surface area contributed by atoms with Crippen molar-refractivity contribution in [3.8, 4) is 0 Å². The number of rotatable bonds is 7. The first-order chi connectivity index (χ1) is 8.19. The molecule has 0 spiro atoms. The van der Waals surface area contributed by atoms with E-state index in [0.29, 0.717) is 12.5 Å². The van der Waals surface area contributed by atoms with Crippen LogP contribution in [-0.2, 0) is 14.6 Å². The highest BCUT2D eigenvalue weighted by Gasteiger charge is 2.23. The van der Waals surface area contributed by atoms with Gasteiger partial charge in [0.1, 0.15) is 5.75 Å². The zero-order valence-corrected chi connectivity index (χ0v) is 12.8. The van der Waals surface area contributed by atoms with E-state index < -0.39 is 15.6 Å². The molecule has 0 aliphatic rings. The van der Waals surface area contributed by atoms with Crippen molar-refractivity contribution in [3.63, 3.8) is 0 Å². The Kier molecular flexibility index (Phi) is 7.21. The predicted molar refractivity (Wildman–Crippen MR) is 75.2 cm³/mol. The van der Waals surface area contributed by atoms with E-state index in [9.17, 15) is 13.2 Å². The molecule has 0 unspecified atom stereocenters. The number of amides is 1. The predicted octanol–water partition coefficient (Wildman–Crippen LogP) is 1.87. The second-order valence-corrected chi connectivity index (χ2v) is 7.27. The van der Waals surface area contributed by atoms with Gasteiger partial charge < -0.3 is 4.90 Å². The highest BCUT2D eigenvalue weighted by molar-refractivity contribution is 7.92. The first-order valence-electron chi connectivity index (χ1n) is 6.30. The fourth-order valence-corrected chi connectivity index (χ4v) is 2.71. The van der Waals surface area contributed by atoms with E-state index in [2.05, 4.69) is 0 Å². The van der Waals surface area contributed by atoms with Crippen molar-refractivity contribution in [1.29, 1.82) is 0 Å². The molecular formula is C13H25NO3S. The summed E-state index contributed by atoms with van der Waals surface area (Å²) in [7, 11) is -3.34. The molecule has 0 heterocycles. The minimum atomic E-state index is -3.34. The molecule has 0 aliphatic carbocycles. The number of nitrogens with zero attached hydrogens (tertiary/aromatic N) is 1. The van der Waals surface area contributed by atoms with Crippen LogP contribution < -0.4 is 0 Å². The second-order valence-electron chi connectivity index (χ2n) is 5.16. The molecule has 1 amide bonds. The average molecular weight is 275 g/mol. The fourth-order valence-electron chi connectivity index (χ4n) is 1.57. The molecular weight excluding hydrogens is 250 g/mol. The van der Waals surface area contributed by atoms with Crippen LogP contribution in [0.2, 0.25) is 0 Å². The van der Waals surface area contributed by atoms with E-state index >= 15 is 0 Å². The highest BCUT2D eigenvalue weighted by atomic mass is 32.2. The van der Waals surface area contributed by atoms with Crippen molar-refractivity contribution >= 4 is 15.7 Å². The zero-order chi connectivity index (χ0) is 14.3. The summed E-state index contributed by atoms with van der Waals surface area (Å²) in [6.07, 6.45) is 3.24. The minimum absolute atomic E-state index is 0.0248. The van der Waals surface area contributed by atoms with Crippen LogP contribution in [0.1, 0.15) is 34.6 Å². The van der Waals surface area contributed by atoms with Crippen molar-refractivity contribution < 1.29 is 13.2 Å². The van der Waals surface area contributed by atoms with E-state index in [1.807, 2.05) is 27.7 Å². The smallest absolute Gasteiger partial charge is 0.238 e. The lowest BCUT2D eigenvalue weighted by Gasteiger charge is -2.28. The number of allylic oxidation sites excluding steroid dienone is 1. The molecule has 0 aromatic heterocycles. The molecule has 0 saturated carbocycles. The maximum atomic E-state index is 12.0. The van der Waals surface area contributed by atoms with Gasteiger partial charge in [0.05, 0.1) is 5.75 Å². The standard InChI is InChI=1S/C13H25NO3S/c1-6-7-8-18(16,17)10-13(15)14(12(4)5)9-11(2)3/h6-7,11-12H,8-10H2,1-5H3/b7-6+. The molecule has 0 bridgehead atoms. The van der Waals surface area contributed by atoms with E-state index in [1.54, 1.807) is 24.0 Å². The molecule has 0 atom stereocenters. The number of carbonyl (C=O) groups excluding carboxylic acids is 1. The molecule has 0 fully saturated rings. The van der Waals surface area contributed by atoms with Crippen LogP contribution in [0.25, 0.3) is 0 Å². The van der Waals surface area contributed by atoms with E-state index in [1.165, 1.54) is 0 Å². The minimum Gasteiger partial charge on any atom is -0.339 e. The monoisotopic (exact) mass is 275 g/mol. The maximum absolute atomic E-state index is 12.0. The van der Waals surface area contributed by atoms with Gasteiger partial charge in [-0.05, 0) is 26.7 Å². The lowest BCUT2D eigenvalue weighted by molar-refractivity contribution is -0.130. The molecule has 0 saturated heterocycles. The van der Waals surface area contributed by atoms with Crippen molar-refractivity contribution in [2.75, 3.05) is 18.1 Å². The molecule has 0 aliphatic heterocycles. The molecule has 106 valence electrons. The zero-order valence-electron chi connectivity index (χ0n) is 12.0. The van der Waals surface area contributed by atoms with Crippen LogP contribution in [0.15, 0.2) is 12.2 Å². The van der Waals surface area contributed by atoms with E-state index in [-0.39, 0.29) is 17.7 Å². The van der Waals surface area contributed by atoms with E-state index in [0.717, 1.165) is 0 Å². The molecule has 0 N–H and O–H groups in total. The van der Waals surface area contributed by atoms with Gasteiger partial charge in [-0.1, -0.05) is 26.0 Å². The summed E-state index contributed by atoms with van der Waals surface area (Å²) in [5.41, 5.74) is 0. The fraction of sp³-hybridized carbons (Fsp3) is 0.769. The Morgan fingerprint density at radius 1 is 1.22 bits per heavy atom. The summed E-state index contributed by atoms with van der Waals surface area (Å²) in [4.78, 5) is 13.7. The van der Waals surface area contributed by atoms with Gasteiger partial charge >= 0.3 is 0 Å².